The first kappa shape index (κ1) is 14.1. The van der Waals surface area contributed by atoms with Crippen molar-refractivity contribution >= 4 is 33.3 Å². The number of furan rings is 1. The zero-order chi connectivity index (χ0) is 14.7. The molecule has 3 heterocycles. The highest BCUT2D eigenvalue weighted by atomic mass is 79.9. The summed E-state index contributed by atoms with van der Waals surface area (Å²) in [5, 5.41) is 2.74. The van der Waals surface area contributed by atoms with Gasteiger partial charge in [0.15, 0.2) is 10.4 Å². The molecule has 2 aromatic rings. The van der Waals surface area contributed by atoms with Crippen LogP contribution in [0, 0.1) is 0 Å². The number of halogens is 1. The van der Waals surface area contributed by atoms with Crippen LogP contribution < -0.4 is 10.2 Å². The Kier molecular flexibility index (Phi) is 4.21. The van der Waals surface area contributed by atoms with Gasteiger partial charge in [-0.05, 0) is 40.2 Å². The van der Waals surface area contributed by atoms with Crippen molar-refractivity contribution in [2.75, 3.05) is 36.5 Å². The van der Waals surface area contributed by atoms with Gasteiger partial charge in [-0.25, -0.2) is 4.98 Å². The lowest BCUT2D eigenvalue weighted by Gasteiger charge is -2.27. The summed E-state index contributed by atoms with van der Waals surface area (Å²) in [6.07, 6.45) is 1.64. The third-order valence-corrected chi connectivity index (χ3v) is 3.56. The molecule has 0 radical (unpaired) electrons. The first-order chi connectivity index (χ1) is 10.2. The first-order valence-electron chi connectivity index (χ1n) is 6.58. The summed E-state index contributed by atoms with van der Waals surface area (Å²) >= 11 is 3.16. The number of carbonyl (C=O) groups excluding carboxylic acids is 1. The van der Waals surface area contributed by atoms with Crippen LogP contribution in [0.4, 0.5) is 11.5 Å². The van der Waals surface area contributed by atoms with Crippen LogP contribution in [0.2, 0.25) is 0 Å². The molecule has 7 heteroatoms. The molecule has 1 aliphatic rings. The summed E-state index contributed by atoms with van der Waals surface area (Å²) in [4.78, 5) is 18.5. The summed E-state index contributed by atoms with van der Waals surface area (Å²) in [5.41, 5.74) is 0.629. The zero-order valence-corrected chi connectivity index (χ0v) is 12.8. The van der Waals surface area contributed by atoms with Gasteiger partial charge in [-0.2, -0.15) is 0 Å². The second kappa shape index (κ2) is 6.28. The summed E-state index contributed by atoms with van der Waals surface area (Å²) < 4.78 is 11.0. The maximum atomic E-state index is 11.9. The van der Waals surface area contributed by atoms with Gasteiger partial charge in [0.2, 0.25) is 0 Å². The lowest BCUT2D eigenvalue weighted by molar-refractivity contribution is 0.0995. The van der Waals surface area contributed by atoms with Gasteiger partial charge in [-0.3, -0.25) is 4.79 Å². The molecule has 21 heavy (non-hydrogen) atoms. The topological polar surface area (TPSA) is 67.6 Å². The Hall–Kier alpha value is -1.86. The number of anilines is 2. The summed E-state index contributed by atoms with van der Waals surface area (Å²) in [5.74, 6) is 0.831. The van der Waals surface area contributed by atoms with Gasteiger partial charge < -0.3 is 19.4 Å². The van der Waals surface area contributed by atoms with Crippen LogP contribution >= 0.6 is 15.9 Å². The Morgan fingerprint density at radius 1 is 1.24 bits per heavy atom. The van der Waals surface area contributed by atoms with Gasteiger partial charge in [-0.1, -0.05) is 0 Å². The van der Waals surface area contributed by atoms with E-state index >= 15 is 0 Å². The highest BCUT2D eigenvalue weighted by Gasteiger charge is 2.13. The Bertz CT molecular complexity index is 621. The SMILES string of the molecule is O=C(Nc1ccc(N2CCOCC2)nc1)c1ccc(Br)o1. The average molecular weight is 352 g/mol. The predicted octanol–water partition coefficient (Wildman–Crippen LogP) is 2.53. The minimum atomic E-state index is -0.304. The van der Waals surface area contributed by atoms with E-state index in [0.29, 0.717) is 23.6 Å². The molecule has 0 atom stereocenters. The molecule has 0 spiro atoms. The van der Waals surface area contributed by atoms with Crippen LogP contribution in [0.15, 0.2) is 39.5 Å². The molecule has 3 rings (SSSR count). The number of carbonyl (C=O) groups is 1. The summed E-state index contributed by atoms with van der Waals surface area (Å²) in [6, 6.07) is 7.00. The molecular weight excluding hydrogens is 338 g/mol. The van der Waals surface area contributed by atoms with Crippen LogP contribution in [-0.2, 0) is 4.74 Å². The van der Waals surface area contributed by atoms with Crippen molar-refractivity contribution in [2.45, 2.75) is 0 Å². The number of morpholine rings is 1. The molecule has 0 unspecified atom stereocenters. The molecular formula is C14H14BrN3O3. The van der Waals surface area contributed by atoms with E-state index in [1.54, 1.807) is 18.3 Å². The molecule has 1 amide bonds. The number of hydrogen-bond acceptors (Lipinski definition) is 5. The van der Waals surface area contributed by atoms with Gasteiger partial charge in [0, 0.05) is 13.1 Å². The Morgan fingerprint density at radius 2 is 2.05 bits per heavy atom. The zero-order valence-electron chi connectivity index (χ0n) is 11.2. The molecule has 1 saturated heterocycles. The number of ether oxygens (including phenoxy) is 1. The van der Waals surface area contributed by atoms with E-state index in [1.165, 1.54) is 0 Å². The van der Waals surface area contributed by atoms with Gasteiger partial charge >= 0.3 is 0 Å². The Labute approximate surface area is 130 Å². The van der Waals surface area contributed by atoms with Crippen LogP contribution in [0.25, 0.3) is 0 Å². The molecule has 0 bridgehead atoms. The number of nitrogens with zero attached hydrogens (tertiary/aromatic N) is 2. The highest BCUT2D eigenvalue weighted by molar-refractivity contribution is 9.10. The number of pyridine rings is 1. The second-order valence-electron chi connectivity index (χ2n) is 4.56. The third kappa shape index (κ3) is 3.43. The molecule has 1 aliphatic heterocycles. The standard InChI is InChI=1S/C14H14BrN3O3/c15-12-3-2-11(21-12)14(19)17-10-1-4-13(16-9-10)18-5-7-20-8-6-18/h1-4,9H,5-8H2,(H,17,19). The van der Waals surface area contributed by atoms with E-state index in [2.05, 4.69) is 31.1 Å². The van der Waals surface area contributed by atoms with Crippen LogP contribution in [0.1, 0.15) is 10.6 Å². The number of nitrogens with one attached hydrogen (secondary N) is 1. The highest BCUT2D eigenvalue weighted by Crippen LogP contribution is 2.18. The van der Waals surface area contributed by atoms with E-state index in [4.69, 9.17) is 9.15 Å². The van der Waals surface area contributed by atoms with E-state index in [9.17, 15) is 4.79 Å². The lowest BCUT2D eigenvalue weighted by Crippen LogP contribution is -2.36. The normalized spacial score (nSPS) is 15.0. The molecule has 2 aromatic heterocycles. The maximum absolute atomic E-state index is 11.9. The molecule has 0 aromatic carbocycles. The molecule has 0 saturated carbocycles. The predicted molar refractivity (Wildman–Crippen MR) is 81.6 cm³/mol. The smallest absolute Gasteiger partial charge is 0.291 e. The van der Waals surface area contributed by atoms with E-state index in [0.717, 1.165) is 18.9 Å². The van der Waals surface area contributed by atoms with E-state index in [1.807, 2.05) is 12.1 Å². The van der Waals surface area contributed by atoms with E-state index in [-0.39, 0.29) is 11.7 Å². The number of aromatic nitrogens is 1. The number of rotatable bonds is 3. The summed E-state index contributed by atoms with van der Waals surface area (Å²) in [6.45, 7) is 3.10. The monoisotopic (exact) mass is 351 g/mol. The van der Waals surface area contributed by atoms with Crippen molar-refractivity contribution in [1.82, 2.24) is 4.98 Å². The van der Waals surface area contributed by atoms with E-state index < -0.39 is 0 Å². The van der Waals surface area contributed by atoms with Crippen molar-refractivity contribution < 1.29 is 13.9 Å². The Balaban J connectivity index is 1.65. The van der Waals surface area contributed by atoms with Crippen molar-refractivity contribution in [3.05, 3.63) is 40.9 Å². The van der Waals surface area contributed by atoms with Crippen molar-refractivity contribution in [1.29, 1.82) is 0 Å². The quantitative estimate of drug-likeness (QED) is 0.920. The van der Waals surface area contributed by atoms with Gasteiger partial charge in [0.25, 0.3) is 5.91 Å². The fraction of sp³-hybridized carbons (Fsp3) is 0.286. The first-order valence-corrected chi connectivity index (χ1v) is 7.37. The fourth-order valence-electron chi connectivity index (χ4n) is 2.07. The van der Waals surface area contributed by atoms with Crippen molar-refractivity contribution in [2.24, 2.45) is 0 Å². The van der Waals surface area contributed by atoms with Crippen LogP contribution in [0.5, 0.6) is 0 Å². The maximum Gasteiger partial charge on any atom is 0.291 e. The summed E-state index contributed by atoms with van der Waals surface area (Å²) in [7, 11) is 0. The molecule has 1 fully saturated rings. The molecule has 110 valence electrons. The second-order valence-corrected chi connectivity index (χ2v) is 5.34. The third-order valence-electron chi connectivity index (χ3n) is 3.14. The molecule has 6 nitrogen and oxygen atoms in total. The molecule has 0 aliphatic carbocycles. The largest absolute Gasteiger partial charge is 0.444 e. The number of hydrogen-bond donors (Lipinski definition) is 1. The Morgan fingerprint density at radius 3 is 2.67 bits per heavy atom. The van der Waals surface area contributed by atoms with Gasteiger partial charge in [-0.15, -0.1) is 0 Å². The van der Waals surface area contributed by atoms with Crippen molar-refractivity contribution in [3.63, 3.8) is 0 Å². The fourth-order valence-corrected chi connectivity index (χ4v) is 2.38. The molecule has 1 N–H and O–H groups in total. The minimum Gasteiger partial charge on any atom is -0.444 e. The lowest BCUT2D eigenvalue weighted by atomic mass is 10.3. The van der Waals surface area contributed by atoms with Gasteiger partial charge in [0.1, 0.15) is 5.82 Å². The van der Waals surface area contributed by atoms with Crippen LogP contribution in [-0.4, -0.2) is 37.2 Å². The van der Waals surface area contributed by atoms with Gasteiger partial charge in [0.05, 0.1) is 25.1 Å². The number of amides is 1. The average Bonchev–Trinajstić information content (AvgIpc) is 2.96. The van der Waals surface area contributed by atoms with Crippen molar-refractivity contribution in [3.8, 4) is 0 Å². The minimum absolute atomic E-state index is 0.249. The van der Waals surface area contributed by atoms with Crippen LogP contribution in [0.3, 0.4) is 0 Å².